The van der Waals surface area contributed by atoms with Crippen molar-refractivity contribution in [1.82, 2.24) is 0 Å². The molecule has 0 heterocycles. The first-order chi connectivity index (χ1) is 38.6. The summed E-state index contributed by atoms with van der Waals surface area (Å²) in [4.78, 5) is 37.4. The van der Waals surface area contributed by atoms with Crippen LogP contribution in [0.15, 0.2) is 170 Å². The quantitative estimate of drug-likeness (QED) is 0.0211. The van der Waals surface area contributed by atoms with Crippen LogP contribution in [-0.4, -0.2) is 87.4 Å². The van der Waals surface area contributed by atoms with E-state index in [1.54, 1.807) is 0 Å². The summed E-state index contributed by atoms with van der Waals surface area (Å²) in [6.07, 6.45) is 85.9. The normalized spacial score (nSPS) is 14.0. The third-order valence-corrected chi connectivity index (χ3v) is 12.0. The molecule has 0 spiro atoms. The molecule has 2 unspecified atom stereocenters. The number of carbonyl (C=O) groups excluding carboxylic acids is 2. The van der Waals surface area contributed by atoms with E-state index >= 15 is 0 Å². The number of quaternary nitrogens is 1. The molecule has 0 aliphatic heterocycles. The molecule has 2 atom stereocenters. The highest BCUT2D eigenvalue weighted by atomic mass is 16.7. The number of rotatable bonds is 53. The van der Waals surface area contributed by atoms with E-state index < -0.39 is 24.3 Å². The van der Waals surface area contributed by atoms with Gasteiger partial charge in [0.25, 0.3) is 6.29 Å². The molecule has 0 amide bonds. The fourth-order valence-corrected chi connectivity index (χ4v) is 7.38. The van der Waals surface area contributed by atoms with Crippen molar-refractivity contribution >= 4 is 17.9 Å². The average molecular weight is 1090 g/mol. The highest BCUT2D eigenvalue weighted by Gasteiger charge is 2.25. The molecular weight excluding hydrogens is 983 g/mol. The van der Waals surface area contributed by atoms with E-state index in [1.165, 1.54) is 0 Å². The first kappa shape index (κ1) is 73.7. The van der Waals surface area contributed by atoms with Crippen molar-refractivity contribution in [2.75, 3.05) is 47.5 Å². The molecule has 79 heavy (non-hydrogen) atoms. The number of aliphatic carboxylic acids is 1. The van der Waals surface area contributed by atoms with Crippen molar-refractivity contribution in [2.24, 2.45) is 0 Å². The van der Waals surface area contributed by atoms with Gasteiger partial charge in [0.1, 0.15) is 13.2 Å². The van der Waals surface area contributed by atoms with Gasteiger partial charge in [-0.15, -0.1) is 0 Å². The Labute approximate surface area is 482 Å². The van der Waals surface area contributed by atoms with Gasteiger partial charge in [0.2, 0.25) is 0 Å². The Morgan fingerprint density at radius 1 is 0.380 bits per heavy atom. The highest BCUT2D eigenvalue weighted by molar-refractivity contribution is 5.71. The number of ether oxygens (including phenoxy) is 4. The second kappa shape index (κ2) is 58.8. The van der Waals surface area contributed by atoms with Crippen LogP contribution in [0.3, 0.4) is 0 Å². The lowest BCUT2D eigenvalue weighted by Gasteiger charge is -2.25. The maximum absolute atomic E-state index is 12.9. The Hall–Kier alpha value is -5.35. The summed E-state index contributed by atoms with van der Waals surface area (Å²) < 4.78 is 22.8. The number of hydrogen-bond acceptors (Lipinski definition) is 7. The third-order valence-electron chi connectivity index (χ3n) is 12.0. The van der Waals surface area contributed by atoms with E-state index in [1.807, 2.05) is 21.1 Å². The first-order valence-electron chi connectivity index (χ1n) is 30.3. The SMILES string of the molecule is CC/C=C\C/C=C\C/C=C\C/C=C\C/C=C\C/C=C\C/C=C\C/C=C\C/C=C\C/C=C\C/C=C\CCCCCCCC(=O)OC(COC(=O)CCCCCCC/C=C\C/C=C\C/C=C\CC)COC(OCC[N+](C)(C)C)C(=O)O. The van der Waals surface area contributed by atoms with Crippen LogP contribution in [0, 0.1) is 0 Å². The number of likely N-dealkylation sites (N-methyl/N-ethyl adjacent to an activating group) is 1. The van der Waals surface area contributed by atoms with Crippen molar-refractivity contribution in [3.8, 4) is 0 Å². The Morgan fingerprint density at radius 3 is 1.01 bits per heavy atom. The van der Waals surface area contributed by atoms with Gasteiger partial charge in [-0.25, -0.2) is 4.79 Å². The molecule has 0 saturated heterocycles. The average Bonchev–Trinajstić information content (AvgIpc) is 3.42. The molecule has 0 rings (SSSR count). The maximum Gasteiger partial charge on any atom is 0.361 e. The van der Waals surface area contributed by atoms with E-state index in [9.17, 15) is 19.5 Å². The molecule has 0 aliphatic rings. The van der Waals surface area contributed by atoms with Crippen LogP contribution in [0.1, 0.15) is 194 Å². The Morgan fingerprint density at radius 2 is 0.684 bits per heavy atom. The van der Waals surface area contributed by atoms with Crippen LogP contribution < -0.4 is 0 Å². The Bertz CT molecular complexity index is 1900. The van der Waals surface area contributed by atoms with E-state index in [-0.39, 0.29) is 38.6 Å². The van der Waals surface area contributed by atoms with Crippen LogP contribution in [0.2, 0.25) is 0 Å². The lowest BCUT2D eigenvalue weighted by Crippen LogP contribution is -2.40. The number of carbonyl (C=O) groups is 3. The van der Waals surface area contributed by atoms with Gasteiger partial charge in [0.15, 0.2) is 6.10 Å². The molecule has 442 valence electrons. The van der Waals surface area contributed by atoms with Crippen LogP contribution in [0.4, 0.5) is 0 Å². The van der Waals surface area contributed by atoms with Crippen molar-refractivity contribution < 1.29 is 42.9 Å². The zero-order valence-corrected chi connectivity index (χ0v) is 50.2. The first-order valence-corrected chi connectivity index (χ1v) is 30.3. The van der Waals surface area contributed by atoms with Crippen molar-refractivity contribution in [3.05, 3.63) is 170 Å². The minimum atomic E-state index is -1.53. The number of carboxylic acid groups (broad SMARTS) is 1. The van der Waals surface area contributed by atoms with Crippen LogP contribution in [-0.2, 0) is 33.3 Å². The number of unbranched alkanes of at least 4 members (excludes halogenated alkanes) is 10. The molecule has 0 saturated carbocycles. The maximum atomic E-state index is 12.9. The second-order valence-corrected chi connectivity index (χ2v) is 20.5. The molecule has 9 heteroatoms. The van der Waals surface area contributed by atoms with Gasteiger partial charge in [0.05, 0.1) is 34.4 Å². The van der Waals surface area contributed by atoms with Crippen LogP contribution in [0.5, 0.6) is 0 Å². The molecule has 0 aliphatic carbocycles. The van der Waals surface area contributed by atoms with Crippen molar-refractivity contribution in [1.29, 1.82) is 0 Å². The summed E-state index contributed by atoms with van der Waals surface area (Å²) in [7, 11) is 5.94. The summed E-state index contributed by atoms with van der Waals surface area (Å²) in [6, 6.07) is 0. The lowest BCUT2D eigenvalue weighted by molar-refractivity contribution is -0.870. The largest absolute Gasteiger partial charge is 0.477 e. The summed E-state index contributed by atoms with van der Waals surface area (Å²) in [5.41, 5.74) is 0. The summed E-state index contributed by atoms with van der Waals surface area (Å²) in [5, 5.41) is 9.70. The minimum absolute atomic E-state index is 0.171. The number of hydrogen-bond donors (Lipinski definition) is 1. The third kappa shape index (κ3) is 60.1. The fourth-order valence-electron chi connectivity index (χ4n) is 7.38. The number of allylic oxidation sites excluding steroid dienone is 28. The molecule has 0 bridgehead atoms. The smallest absolute Gasteiger partial charge is 0.361 e. The number of carboxylic acids is 1. The zero-order valence-electron chi connectivity index (χ0n) is 50.2. The van der Waals surface area contributed by atoms with Crippen LogP contribution >= 0.6 is 0 Å². The summed E-state index contributed by atoms with van der Waals surface area (Å²) >= 11 is 0. The van der Waals surface area contributed by atoms with Gasteiger partial charge < -0.3 is 28.5 Å². The van der Waals surface area contributed by atoms with Gasteiger partial charge in [-0.3, -0.25) is 9.59 Å². The molecule has 0 aromatic carbocycles. The monoisotopic (exact) mass is 1090 g/mol. The van der Waals surface area contributed by atoms with Gasteiger partial charge in [-0.1, -0.05) is 223 Å². The molecule has 9 nitrogen and oxygen atoms in total. The molecule has 0 fully saturated rings. The van der Waals surface area contributed by atoms with Crippen molar-refractivity contribution in [2.45, 2.75) is 206 Å². The van der Waals surface area contributed by atoms with E-state index in [0.29, 0.717) is 23.9 Å². The lowest BCUT2D eigenvalue weighted by atomic mass is 10.1. The zero-order chi connectivity index (χ0) is 57.6. The highest BCUT2D eigenvalue weighted by Crippen LogP contribution is 2.13. The Kier molecular flexibility index (Phi) is 54.8. The van der Waals surface area contributed by atoms with Gasteiger partial charge in [-0.05, 0) is 128 Å². The molecule has 1 N–H and O–H groups in total. The van der Waals surface area contributed by atoms with Crippen molar-refractivity contribution in [3.63, 3.8) is 0 Å². The standard InChI is InChI=1S/C70H109NO8/c1-6-8-10-12-14-16-18-20-22-23-24-25-26-27-28-29-30-31-32-33-34-35-36-37-38-39-40-41-42-43-44-45-47-49-51-53-55-57-59-61-68(73)79-66(65-78-70(69(74)75)76-63-62-71(3,4)5)64-77-67(72)60-58-56-54-52-50-48-46-21-19-17-15-13-11-9-7-2/h8-11,14-17,20-22,24-25,27-28,30-31,33-34,36-37,39-40,42-43,45-47,66,70H,6-7,12-13,18-19,23,26,29,32,35,38,41,44,48-65H2,1-5H3/p+1/b10-8-,11-9-,16-14-,17-15-,22-20-,25-24-,28-27-,31-30-,34-33-,37-36-,40-39-,43-42-,46-21-,47-45-. The van der Waals surface area contributed by atoms with E-state index in [0.717, 1.165) is 154 Å². The molecule has 0 radical (unpaired) electrons. The topological polar surface area (TPSA) is 108 Å². The number of esters is 2. The second-order valence-electron chi connectivity index (χ2n) is 20.5. The number of nitrogens with zero attached hydrogens (tertiary/aromatic N) is 1. The van der Waals surface area contributed by atoms with Gasteiger partial charge in [0, 0.05) is 12.8 Å². The van der Waals surface area contributed by atoms with E-state index in [2.05, 4.69) is 184 Å². The van der Waals surface area contributed by atoms with E-state index in [4.69, 9.17) is 18.9 Å². The summed E-state index contributed by atoms with van der Waals surface area (Å²) in [5.74, 6) is -2.08. The summed E-state index contributed by atoms with van der Waals surface area (Å²) in [6.45, 7) is 4.57. The molecule has 0 aromatic rings. The minimum Gasteiger partial charge on any atom is -0.477 e. The van der Waals surface area contributed by atoms with Crippen LogP contribution in [0.25, 0.3) is 0 Å². The van der Waals surface area contributed by atoms with Gasteiger partial charge in [-0.2, -0.15) is 0 Å². The predicted molar refractivity (Wildman–Crippen MR) is 336 cm³/mol. The molecule has 0 aromatic heterocycles. The Balaban J connectivity index is 4.27. The fraction of sp³-hybridized carbons (Fsp3) is 0.557. The predicted octanol–water partition coefficient (Wildman–Crippen LogP) is 18.3. The molecular formula is C70H110NO8+. The van der Waals surface area contributed by atoms with Gasteiger partial charge >= 0.3 is 17.9 Å².